The Morgan fingerprint density at radius 1 is 1.12 bits per heavy atom. The number of rotatable bonds is 6. The van der Waals surface area contributed by atoms with E-state index in [2.05, 4.69) is 5.32 Å². The van der Waals surface area contributed by atoms with Crippen LogP contribution >= 0.6 is 12.4 Å². The highest BCUT2D eigenvalue weighted by atomic mass is 35.5. The number of amides is 2. The van der Waals surface area contributed by atoms with Crippen molar-refractivity contribution < 1.29 is 9.59 Å². The van der Waals surface area contributed by atoms with Crippen LogP contribution in [-0.2, 0) is 4.79 Å². The molecule has 2 amide bonds. The van der Waals surface area contributed by atoms with Crippen LogP contribution in [0.2, 0.25) is 0 Å². The van der Waals surface area contributed by atoms with Gasteiger partial charge in [-0.25, -0.2) is 0 Å². The molecule has 0 saturated carbocycles. The standard InChI is InChI=1S/C19H23N3O2.ClH/c1-3-8-17(20)18(23)21-15-10-7-9-14(13-15)19(24)22(2)16-11-5-4-6-12-16;/h4-7,9-13,17H,3,8,20H2,1-2H3,(H,21,23);1H. The van der Waals surface area contributed by atoms with E-state index in [1.165, 1.54) is 0 Å². The van der Waals surface area contributed by atoms with Crippen molar-refractivity contribution in [1.82, 2.24) is 0 Å². The number of hydrogen-bond acceptors (Lipinski definition) is 3. The lowest BCUT2D eigenvalue weighted by Gasteiger charge is -2.18. The van der Waals surface area contributed by atoms with E-state index in [1.54, 1.807) is 36.2 Å². The smallest absolute Gasteiger partial charge is 0.258 e. The molecule has 1 atom stereocenters. The lowest BCUT2D eigenvalue weighted by Crippen LogP contribution is -2.35. The average Bonchev–Trinajstić information content (AvgIpc) is 2.61. The number of halogens is 1. The molecule has 2 aromatic carbocycles. The predicted molar refractivity (Wildman–Crippen MR) is 104 cm³/mol. The molecule has 0 aromatic heterocycles. The fourth-order valence-electron chi connectivity index (χ4n) is 2.37. The molecular formula is C19H24ClN3O2. The quantitative estimate of drug-likeness (QED) is 0.827. The van der Waals surface area contributed by atoms with E-state index >= 15 is 0 Å². The number of carbonyl (C=O) groups is 2. The first-order valence-electron chi connectivity index (χ1n) is 8.02. The average molecular weight is 362 g/mol. The van der Waals surface area contributed by atoms with Gasteiger partial charge >= 0.3 is 0 Å². The molecule has 0 saturated heterocycles. The Labute approximate surface area is 154 Å². The third-order valence-electron chi connectivity index (χ3n) is 3.76. The zero-order valence-electron chi connectivity index (χ0n) is 14.4. The summed E-state index contributed by atoms with van der Waals surface area (Å²) in [5, 5.41) is 2.77. The van der Waals surface area contributed by atoms with Gasteiger partial charge in [-0.1, -0.05) is 37.6 Å². The molecule has 5 nitrogen and oxygen atoms in total. The molecule has 0 radical (unpaired) electrons. The number of nitrogens with two attached hydrogens (primary N) is 1. The topological polar surface area (TPSA) is 75.4 Å². The summed E-state index contributed by atoms with van der Waals surface area (Å²) < 4.78 is 0. The second-order valence-electron chi connectivity index (χ2n) is 5.66. The molecule has 0 heterocycles. The number of anilines is 2. The van der Waals surface area contributed by atoms with Crippen LogP contribution in [0.25, 0.3) is 0 Å². The summed E-state index contributed by atoms with van der Waals surface area (Å²) in [6.07, 6.45) is 1.47. The van der Waals surface area contributed by atoms with E-state index in [9.17, 15) is 9.59 Å². The lowest BCUT2D eigenvalue weighted by molar-refractivity contribution is -0.117. The van der Waals surface area contributed by atoms with Gasteiger partial charge in [0.1, 0.15) is 0 Å². The minimum absolute atomic E-state index is 0. The monoisotopic (exact) mass is 361 g/mol. The number of nitrogens with zero attached hydrogens (tertiary/aromatic N) is 1. The van der Waals surface area contributed by atoms with Gasteiger partial charge in [0.15, 0.2) is 0 Å². The molecule has 0 aliphatic rings. The predicted octanol–water partition coefficient (Wildman–Crippen LogP) is 3.45. The van der Waals surface area contributed by atoms with E-state index < -0.39 is 6.04 Å². The number of para-hydroxylation sites is 1. The van der Waals surface area contributed by atoms with Gasteiger partial charge in [0.25, 0.3) is 5.91 Å². The molecule has 0 spiro atoms. The van der Waals surface area contributed by atoms with Gasteiger partial charge < -0.3 is 16.0 Å². The highest BCUT2D eigenvalue weighted by molar-refractivity contribution is 6.06. The largest absolute Gasteiger partial charge is 0.325 e. The molecule has 0 aliphatic carbocycles. The zero-order chi connectivity index (χ0) is 17.5. The molecule has 25 heavy (non-hydrogen) atoms. The fourth-order valence-corrected chi connectivity index (χ4v) is 2.37. The summed E-state index contributed by atoms with van der Waals surface area (Å²) in [7, 11) is 1.72. The Morgan fingerprint density at radius 2 is 1.80 bits per heavy atom. The fraction of sp³-hybridized carbons (Fsp3) is 0.263. The Balaban J connectivity index is 0.00000312. The van der Waals surface area contributed by atoms with Crippen molar-refractivity contribution in [1.29, 1.82) is 0 Å². The van der Waals surface area contributed by atoms with Crippen molar-refractivity contribution >= 4 is 35.6 Å². The first-order chi connectivity index (χ1) is 11.5. The van der Waals surface area contributed by atoms with Gasteiger partial charge in [-0.15, -0.1) is 12.4 Å². The summed E-state index contributed by atoms with van der Waals surface area (Å²) >= 11 is 0. The van der Waals surface area contributed by atoms with Crippen LogP contribution in [0.4, 0.5) is 11.4 Å². The maximum atomic E-state index is 12.6. The normalized spacial score (nSPS) is 11.2. The van der Waals surface area contributed by atoms with Gasteiger partial charge in [-0.3, -0.25) is 9.59 Å². The molecule has 2 rings (SSSR count). The summed E-state index contributed by atoms with van der Waals surface area (Å²) in [5.41, 5.74) is 7.69. The maximum Gasteiger partial charge on any atom is 0.258 e. The maximum absolute atomic E-state index is 12.6. The SMILES string of the molecule is CCCC(N)C(=O)Nc1cccc(C(=O)N(C)c2ccccc2)c1.Cl. The molecule has 2 aromatic rings. The van der Waals surface area contributed by atoms with Crippen LogP contribution in [0.5, 0.6) is 0 Å². The van der Waals surface area contributed by atoms with Crippen LogP contribution in [0.15, 0.2) is 54.6 Å². The molecule has 0 aliphatic heterocycles. The van der Waals surface area contributed by atoms with E-state index in [-0.39, 0.29) is 24.2 Å². The van der Waals surface area contributed by atoms with Gasteiger partial charge in [0, 0.05) is 24.0 Å². The van der Waals surface area contributed by atoms with Crippen molar-refractivity contribution in [3.8, 4) is 0 Å². The molecular weight excluding hydrogens is 338 g/mol. The number of hydrogen-bond donors (Lipinski definition) is 2. The van der Waals surface area contributed by atoms with E-state index in [0.717, 1.165) is 12.1 Å². The van der Waals surface area contributed by atoms with Crippen molar-refractivity contribution in [2.75, 3.05) is 17.3 Å². The molecule has 0 bridgehead atoms. The van der Waals surface area contributed by atoms with Crippen LogP contribution in [0.1, 0.15) is 30.1 Å². The second kappa shape index (κ2) is 9.81. The van der Waals surface area contributed by atoms with Crippen molar-refractivity contribution in [2.45, 2.75) is 25.8 Å². The summed E-state index contributed by atoms with van der Waals surface area (Å²) in [6.45, 7) is 1.98. The zero-order valence-corrected chi connectivity index (χ0v) is 15.3. The molecule has 1 unspecified atom stereocenters. The third kappa shape index (κ3) is 5.59. The first-order valence-corrected chi connectivity index (χ1v) is 8.02. The number of benzene rings is 2. The van der Waals surface area contributed by atoms with Gasteiger partial charge in [-0.05, 0) is 36.8 Å². The van der Waals surface area contributed by atoms with Gasteiger partial charge in [0.2, 0.25) is 5.91 Å². The summed E-state index contributed by atoms with van der Waals surface area (Å²) in [6, 6.07) is 15.7. The highest BCUT2D eigenvalue weighted by Crippen LogP contribution is 2.17. The van der Waals surface area contributed by atoms with Gasteiger partial charge in [0.05, 0.1) is 6.04 Å². The summed E-state index contributed by atoms with van der Waals surface area (Å²) in [4.78, 5) is 26.2. The van der Waals surface area contributed by atoms with E-state index in [0.29, 0.717) is 17.7 Å². The highest BCUT2D eigenvalue weighted by Gasteiger charge is 2.16. The van der Waals surface area contributed by atoms with Crippen molar-refractivity contribution in [3.05, 3.63) is 60.2 Å². The van der Waals surface area contributed by atoms with E-state index in [4.69, 9.17) is 5.73 Å². The Hall–Kier alpha value is -2.37. The minimum atomic E-state index is -0.540. The van der Waals surface area contributed by atoms with Crippen LogP contribution in [0.3, 0.4) is 0 Å². The lowest BCUT2D eigenvalue weighted by atomic mass is 10.1. The van der Waals surface area contributed by atoms with Gasteiger partial charge in [-0.2, -0.15) is 0 Å². The third-order valence-corrected chi connectivity index (χ3v) is 3.76. The Kier molecular flexibility index (Phi) is 8.11. The number of nitrogens with one attached hydrogen (secondary N) is 1. The first kappa shape index (κ1) is 20.7. The van der Waals surface area contributed by atoms with E-state index in [1.807, 2.05) is 37.3 Å². The van der Waals surface area contributed by atoms with Crippen LogP contribution < -0.4 is 16.0 Å². The Bertz CT molecular complexity index is 707. The summed E-state index contributed by atoms with van der Waals surface area (Å²) in [5.74, 6) is -0.381. The van der Waals surface area contributed by atoms with Crippen molar-refractivity contribution in [2.24, 2.45) is 5.73 Å². The molecule has 6 heteroatoms. The van der Waals surface area contributed by atoms with Crippen LogP contribution in [0, 0.1) is 0 Å². The van der Waals surface area contributed by atoms with Crippen molar-refractivity contribution in [3.63, 3.8) is 0 Å². The molecule has 134 valence electrons. The second-order valence-corrected chi connectivity index (χ2v) is 5.66. The molecule has 0 fully saturated rings. The Morgan fingerprint density at radius 3 is 2.44 bits per heavy atom. The molecule has 3 N–H and O–H groups in total. The minimum Gasteiger partial charge on any atom is -0.325 e. The number of carbonyl (C=O) groups excluding carboxylic acids is 2. The van der Waals surface area contributed by atoms with Crippen LogP contribution in [-0.4, -0.2) is 24.9 Å².